The van der Waals surface area contributed by atoms with Crippen molar-refractivity contribution < 1.29 is 9.21 Å². The van der Waals surface area contributed by atoms with Crippen molar-refractivity contribution in [1.82, 2.24) is 9.88 Å². The van der Waals surface area contributed by atoms with Crippen molar-refractivity contribution in [3.8, 4) is 11.3 Å². The van der Waals surface area contributed by atoms with Gasteiger partial charge in [-0.15, -0.1) is 0 Å². The van der Waals surface area contributed by atoms with Gasteiger partial charge in [0.1, 0.15) is 11.5 Å². The van der Waals surface area contributed by atoms with Crippen LogP contribution in [0, 0.1) is 0 Å². The molecule has 9 heteroatoms. The van der Waals surface area contributed by atoms with Gasteiger partial charge in [-0.25, -0.2) is 4.99 Å². The zero-order valence-corrected chi connectivity index (χ0v) is 18.7. The highest BCUT2D eigenvalue weighted by atomic mass is 35.5. The summed E-state index contributed by atoms with van der Waals surface area (Å²) < 4.78 is 5.88. The molecule has 1 aliphatic heterocycles. The van der Waals surface area contributed by atoms with Crippen LogP contribution < -0.4 is 0 Å². The summed E-state index contributed by atoms with van der Waals surface area (Å²) in [6, 6.07) is 10.6. The van der Waals surface area contributed by atoms with E-state index in [0.717, 1.165) is 5.56 Å². The Morgan fingerprint density at radius 3 is 2.70 bits per heavy atom. The number of furan rings is 1. The van der Waals surface area contributed by atoms with Crippen molar-refractivity contribution in [2.45, 2.75) is 6.92 Å². The highest BCUT2D eigenvalue weighted by molar-refractivity contribution is 8.18. The highest BCUT2D eigenvalue weighted by Crippen LogP contribution is 2.36. The number of halogens is 3. The van der Waals surface area contributed by atoms with Gasteiger partial charge in [0.25, 0.3) is 5.91 Å². The molecule has 0 unspecified atom stereocenters. The number of hydrogen-bond donors (Lipinski definition) is 0. The maximum absolute atomic E-state index is 12.8. The second kappa shape index (κ2) is 8.86. The van der Waals surface area contributed by atoms with Crippen molar-refractivity contribution in [3.63, 3.8) is 0 Å². The van der Waals surface area contributed by atoms with Crippen LogP contribution >= 0.6 is 46.6 Å². The maximum Gasteiger partial charge on any atom is 0.266 e. The van der Waals surface area contributed by atoms with E-state index >= 15 is 0 Å². The van der Waals surface area contributed by atoms with E-state index in [9.17, 15) is 4.79 Å². The van der Waals surface area contributed by atoms with Crippen molar-refractivity contribution in [2.24, 2.45) is 4.99 Å². The van der Waals surface area contributed by atoms with Crippen LogP contribution in [0.5, 0.6) is 0 Å². The Balaban J connectivity index is 1.63. The molecule has 1 saturated heterocycles. The third kappa shape index (κ3) is 4.27. The number of benzene rings is 1. The quantitative estimate of drug-likeness (QED) is 0.382. The lowest BCUT2D eigenvalue weighted by Crippen LogP contribution is -2.28. The monoisotopic (exact) mass is 477 g/mol. The molecule has 1 aromatic carbocycles. The van der Waals surface area contributed by atoms with E-state index in [1.807, 2.05) is 19.1 Å². The fourth-order valence-electron chi connectivity index (χ4n) is 2.80. The molecule has 0 atom stereocenters. The van der Waals surface area contributed by atoms with Crippen LogP contribution in [-0.4, -0.2) is 27.5 Å². The maximum atomic E-state index is 12.8. The van der Waals surface area contributed by atoms with Crippen LogP contribution in [0.4, 0.5) is 5.69 Å². The first-order valence-electron chi connectivity index (χ1n) is 8.91. The van der Waals surface area contributed by atoms with Gasteiger partial charge in [-0.3, -0.25) is 14.7 Å². The molecular weight excluding hydrogens is 465 g/mol. The Labute approximate surface area is 192 Å². The molecule has 0 bridgehead atoms. The number of pyridine rings is 1. The van der Waals surface area contributed by atoms with Crippen LogP contribution in [-0.2, 0) is 4.79 Å². The standard InChI is InChI=1S/C21H14Cl3N3O2S/c1-2-27-20(28)19(30-21(27)26-17-7-8-25-11-16(17)24)10-13-4-6-18(29-13)12-3-5-14(22)15(23)9-12/h3-11H,2H2,1H3/b19-10+,26-21?. The summed E-state index contributed by atoms with van der Waals surface area (Å²) in [5.41, 5.74) is 1.35. The Kier molecular flexibility index (Phi) is 6.20. The molecule has 1 amide bonds. The van der Waals surface area contributed by atoms with E-state index in [0.29, 0.717) is 48.9 Å². The molecule has 5 nitrogen and oxygen atoms in total. The average molecular weight is 479 g/mol. The summed E-state index contributed by atoms with van der Waals surface area (Å²) in [5.74, 6) is 1.03. The molecule has 1 aliphatic rings. The van der Waals surface area contributed by atoms with Crippen LogP contribution in [0.2, 0.25) is 15.1 Å². The van der Waals surface area contributed by atoms with Crippen molar-refractivity contribution >= 4 is 69.4 Å². The summed E-state index contributed by atoms with van der Waals surface area (Å²) in [4.78, 5) is 23.4. The Hall–Kier alpha value is -2.25. The van der Waals surface area contributed by atoms with Gasteiger partial charge in [0.05, 0.1) is 25.7 Å². The number of thioether (sulfide) groups is 1. The first kappa shape index (κ1) is 21.0. The lowest BCUT2D eigenvalue weighted by atomic mass is 10.2. The molecule has 0 N–H and O–H groups in total. The van der Waals surface area contributed by atoms with E-state index in [4.69, 9.17) is 39.2 Å². The first-order chi connectivity index (χ1) is 14.5. The summed E-state index contributed by atoms with van der Waals surface area (Å²) in [6.45, 7) is 2.37. The molecule has 152 valence electrons. The number of amidine groups is 1. The molecule has 30 heavy (non-hydrogen) atoms. The minimum absolute atomic E-state index is 0.140. The van der Waals surface area contributed by atoms with Gasteiger partial charge in [0.2, 0.25) is 0 Å². The number of likely N-dealkylation sites (N-methyl/N-ethyl adjacent to an activating group) is 1. The van der Waals surface area contributed by atoms with E-state index in [-0.39, 0.29) is 5.91 Å². The third-order valence-electron chi connectivity index (χ3n) is 4.28. The lowest BCUT2D eigenvalue weighted by molar-refractivity contribution is -0.122. The van der Waals surface area contributed by atoms with Gasteiger partial charge in [0, 0.05) is 30.6 Å². The number of carbonyl (C=O) groups excluding carboxylic acids is 1. The molecule has 3 heterocycles. The number of hydrogen-bond acceptors (Lipinski definition) is 5. The molecule has 1 fully saturated rings. The van der Waals surface area contributed by atoms with Crippen molar-refractivity contribution in [2.75, 3.05) is 6.54 Å². The molecule has 0 saturated carbocycles. The fraction of sp³-hybridized carbons (Fsp3) is 0.0952. The van der Waals surface area contributed by atoms with Gasteiger partial charge in [0.15, 0.2) is 5.17 Å². The lowest BCUT2D eigenvalue weighted by Gasteiger charge is -2.12. The largest absolute Gasteiger partial charge is 0.457 e. The number of nitrogens with zero attached hydrogens (tertiary/aromatic N) is 3. The SMILES string of the molecule is CCN1C(=O)/C(=C\c2ccc(-c3ccc(Cl)c(Cl)c3)o2)SC1=Nc1ccncc1Cl. The number of aliphatic imine (C=N–C) groups is 1. The minimum Gasteiger partial charge on any atom is -0.457 e. The summed E-state index contributed by atoms with van der Waals surface area (Å²) >= 11 is 19.5. The topological polar surface area (TPSA) is 58.7 Å². The fourth-order valence-corrected chi connectivity index (χ4v) is 4.29. The second-order valence-corrected chi connectivity index (χ2v) is 8.44. The van der Waals surface area contributed by atoms with Crippen LogP contribution in [0.1, 0.15) is 12.7 Å². The van der Waals surface area contributed by atoms with Gasteiger partial charge < -0.3 is 4.42 Å². The number of aromatic nitrogens is 1. The molecule has 0 aliphatic carbocycles. The van der Waals surface area contributed by atoms with Gasteiger partial charge in [-0.1, -0.05) is 34.8 Å². The molecule has 4 rings (SSSR count). The van der Waals surface area contributed by atoms with Gasteiger partial charge in [-0.2, -0.15) is 0 Å². The van der Waals surface area contributed by atoms with Crippen LogP contribution in [0.3, 0.4) is 0 Å². The molecule has 3 aromatic rings. The third-order valence-corrected chi connectivity index (χ3v) is 6.31. The summed E-state index contributed by atoms with van der Waals surface area (Å²) in [7, 11) is 0. The Morgan fingerprint density at radius 1 is 1.13 bits per heavy atom. The van der Waals surface area contributed by atoms with Gasteiger partial charge in [-0.05, 0) is 55.1 Å². The molecular formula is C21H14Cl3N3O2S. The normalized spacial score (nSPS) is 16.8. The van der Waals surface area contributed by atoms with Crippen LogP contribution in [0.15, 0.2) is 63.1 Å². The molecule has 0 radical (unpaired) electrons. The smallest absolute Gasteiger partial charge is 0.266 e. The first-order valence-corrected chi connectivity index (χ1v) is 10.9. The van der Waals surface area contributed by atoms with Gasteiger partial charge >= 0.3 is 0 Å². The van der Waals surface area contributed by atoms with Crippen LogP contribution in [0.25, 0.3) is 17.4 Å². The zero-order chi connectivity index (χ0) is 21.3. The minimum atomic E-state index is -0.140. The van der Waals surface area contributed by atoms with E-state index in [2.05, 4.69) is 9.98 Å². The van der Waals surface area contributed by atoms with E-state index < -0.39 is 0 Å². The average Bonchev–Trinajstić information content (AvgIpc) is 3.31. The van der Waals surface area contributed by atoms with E-state index in [1.165, 1.54) is 18.0 Å². The summed E-state index contributed by atoms with van der Waals surface area (Å²) in [5, 5.41) is 1.89. The molecule has 0 spiro atoms. The Bertz CT molecular complexity index is 1190. The van der Waals surface area contributed by atoms with Crippen molar-refractivity contribution in [3.05, 3.63) is 74.5 Å². The second-order valence-electron chi connectivity index (χ2n) is 6.21. The summed E-state index contributed by atoms with van der Waals surface area (Å²) in [6.07, 6.45) is 4.82. The highest BCUT2D eigenvalue weighted by Gasteiger charge is 2.32. The van der Waals surface area contributed by atoms with E-state index in [1.54, 1.807) is 41.4 Å². The number of rotatable bonds is 4. The molecule has 2 aromatic heterocycles. The number of carbonyl (C=O) groups is 1. The Morgan fingerprint density at radius 2 is 1.97 bits per heavy atom. The predicted octanol–water partition coefficient (Wildman–Crippen LogP) is 6.93. The van der Waals surface area contributed by atoms with Crippen molar-refractivity contribution in [1.29, 1.82) is 0 Å². The number of amides is 1. The zero-order valence-electron chi connectivity index (χ0n) is 15.6. The predicted molar refractivity (Wildman–Crippen MR) is 123 cm³/mol.